The van der Waals surface area contributed by atoms with Crippen LogP contribution >= 0.6 is 23.4 Å². The van der Waals surface area contributed by atoms with E-state index in [1.165, 1.54) is 0 Å². The van der Waals surface area contributed by atoms with Crippen LogP contribution in [0.5, 0.6) is 11.5 Å². The molecular formula is C14H20ClN5O2S. The molecule has 7 nitrogen and oxygen atoms in total. The van der Waals surface area contributed by atoms with Gasteiger partial charge in [0.1, 0.15) is 0 Å². The smallest absolute Gasteiger partial charge is 0.209 e. The molecule has 1 N–H and O–H groups in total. The van der Waals surface area contributed by atoms with Gasteiger partial charge in [0.2, 0.25) is 5.16 Å². The van der Waals surface area contributed by atoms with Crippen LogP contribution in [-0.2, 0) is 13.6 Å². The molecule has 0 amide bonds. The van der Waals surface area contributed by atoms with Crippen LogP contribution in [0.25, 0.3) is 0 Å². The molecule has 126 valence electrons. The first-order chi connectivity index (χ1) is 11.2. The summed E-state index contributed by atoms with van der Waals surface area (Å²) in [4.78, 5) is 0. The van der Waals surface area contributed by atoms with Gasteiger partial charge in [0.15, 0.2) is 11.5 Å². The average Bonchev–Trinajstić information content (AvgIpc) is 2.94. The van der Waals surface area contributed by atoms with Crippen LogP contribution in [0.2, 0.25) is 5.02 Å². The minimum atomic E-state index is 0.543. The lowest BCUT2D eigenvalue weighted by Gasteiger charge is -2.13. The van der Waals surface area contributed by atoms with Crippen molar-refractivity contribution in [1.82, 2.24) is 25.5 Å². The van der Waals surface area contributed by atoms with E-state index in [9.17, 15) is 0 Å². The molecule has 23 heavy (non-hydrogen) atoms. The quantitative estimate of drug-likeness (QED) is 0.544. The number of nitrogens with zero attached hydrogens (tertiary/aromatic N) is 4. The fourth-order valence-electron chi connectivity index (χ4n) is 1.95. The number of hydrogen-bond donors (Lipinski definition) is 1. The van der Waals surface area contributed by atoms with Gasteiger partial charge in [0.05, 0.1) is 18.7 Å². The highest BCUT2D eigenvalue weighted by atomic mass is 35.5. The van der Waals surface area contributed by atoms with Gasteiger partial charge >= 0.3 is 0 Å². The largest absolute Gasteiger partial charge is 0.493 e. The summed E-state index contributed by atoms with van der Waals surface area (Å²) in [6.45, 7) is 3.97. The van der Waals surface area contributed by atoms with Crippen molar-refractivity contribution in [3.8, 4) is 11.5 Å². The summed E-state index contributed by atoms with van der Waals surface area (Å²) in [5, 5.41) is 16.0. The second-order valence-corrected chi connectivity index (χ2v) is 6.12. The van der Waals surface area contributed by atoms with Crippen LogP contribution in [0.15, 0.2) is 17.3 Å². The number of rotatable bonds is 9. The highest BCUT2D eigenvalue weighted by molar-refractivity contribution is 7.99. The zero-order valence-electron chi connectivity index (χ0n) is 13.4. The Hall–Kier alpha value is -1.51. The number of methoxy groups -OCH3 is 1. The predicted octanol–water partition coefficient (Wildman–Crippen LogP) is 2.15. The van der Waals surface area contributed by atoms with Crippen molar-refractivity contribution in [3.05, 3.63) is 22.7 Å². The Morgan fingerprint density at radius 2 is 2.22 bits per heavy atom. The summed E-state index contributed by atoms with van der Waals surface area (Å²) in [5.74, 6) is 2.11. The number of benzene rings is 1. The van der Waals surface area contributed by atoms with Gasteiger partial charge in [0, 0.05) is 25.9 Å². The number of aryl methyl sites for hydroxylation is 1. The summed E-state index contributed by atoms with van der Waals surface area (Å²) in [6.07, 6.45) is 0. The fraction of sp³-hybridized carbons (Fsp3) is 0.500. The van der Waals surface area contributed by atoms with Gasteiger partial charge in [-0.15, -0.1) is 5.10 Å². The summed E-state index contributed by atoms with van der Waals surface area (Å²) >= 11 is 7.86. The number of aromatic nitrogens is 4. The number of thioether (sulfide) groups is 1. The molecule has 0 spiro atoms. The molecule has 0 fully saturated rings. The minimum Gasteiger partial charge on any atom is -0.493 e. The van der Waals surface area contributed by atoms with Crippen LogP contribution < -0.4 is 14.8 Å². The molecule has 1 heterocycles. The molecule has 0 radical (unpaired) electrons. The molecule has 9 heteroatoms. The number of ether oxygens (including phenoxy) is 2. The average molecular weight is 358 g/mol. The zero-order chi connectivity index (χ0) is 16.7. The van der Waals surface area contributed by atoms with Crippen molar-refractivity contribution in [2.45, 2.75) is 18.6 Å². The van der Waals surface area contributed by atoms with Crippen molar-refractivity contribution in [3.63, 3.8) is 0 Å². The molecule has 1 aromatic heterocycles. The lowest BCUT2D eigenvalue weighted by molar-refractivity contribution is 0.311. The summed E-state index contributed by atoms with van der Waals surface area (Å²) in [7, 11) is 3.43. The van der Waals surface area contributed by atoms with Crippen molar-refractivity contribution < 1.29 is 9.47 Å². The Balaban J connectivity index is 1.83. The van der Waals surface area contributed by atoms with Crippen LogP contribution in [0.4, 0.5) is 0 Å². The van der Waals surface area contributed by atoms with Gasteiger partial charge in [-0.25, -0.2) is 4.68 Å². The first kappa shape index (κ1) is 17.8. The maximum Gasteiger partial charge on any atom is 0.209 e. The van der Waals surface area contributed by atoms with E-state index in [1.54, 1.807) is 23.6 Å². The van der Waals surface area contributed by atoms with E-state index in [0.717, 1.165) is 23.0 Å². The maximum atomic E-state index is 6.26. The van der Waals surface area contributed by atoms with Crippen molar-refractivity contribution >= 4 is 23.4 Å². The Kier molecular flexibility index (Phi) is 6.94. The third kappa shape index (κ3) is 4.98. The predicted molar refractivity (Wildman–Crippen MR) is 90.4 cm³/mol. The van der Waals surface area contributed by atoms with E-state index < -0.39 is 0 Å². The van der Waals surface area contributed by atoms with Gasteiger partial charge in [-0.05, 0) is 35.0 Å². The van der Waals surface area contributed by atoms with Gasteiger partial charge in [-0.1, -0.05) is 23.4 Å². The van der Waals surface area contributed by atoms with Crippen molar-refractivity contribution in [1.29, 1.82) is 0 Å². The van der Waals surface area contributed by atoms with Crippen LogP contribution in [-0.4, -0.2) is 46.2 Å². The number of halogens is 1. The van der Waals surface area contributed by atoms with Gasteiger partial charge in [-0.2, -0.15) is 0 Å². The van der Waals surface area contributed by atoms with E-state index in [2.05, 4.69) is 20.8 Å². The van der Waals surface area contributed by atoms with Gasteiger partial charge in [0.25, 0.3) is 0 Å². The molecule has 0 atom stereocenters. The van der Waals surface area contributed by atoms with Crippen molar-refractivity contribution in [2.24, 2.45) is 7.05 Å². The van der Waals surface area contributed by atoms with Crippen LogP contribution in [0.3, 0.4) is 0 Å². The zero-order valence-corrected chi connectivity index (χ0v) is 14.9. The first-order valence-corrected chi connectivity index (χ1v) is 8.57. The fourth-order valence-corrected chi connectivity index (χ4v) is 2.98. The van der Waals surface area contributed by atoms with E-state index in [0.29, 0.717) is 29.7 Å². The first-order valence-electron chi connectivity index (χ1n) is 7.20. The van der Waals surface area contributed by atoms with E-state index in [1.807, 2.05) is 26.1 Å². The lowest BCUT2D eigenvalue weighted by Crippen LogP contribution is -2.17. The van der Waals surface area contributed by atoms with Gasteiger partial charge in [-0.3, -0.25) is 0 Å². The van der Waals surface area contributed by atoms with E-state index in [-0.39, 0.29) is 0 Å². The van der Waals surface area contributed by atoms with Gasteiger partial charge < -0.3 is 14.8 Å². The molecule has 0 bridgehead atoms. The normalized spacial score (nSPS) is 10.8. The second kappa shape index (κ2) is 8.95. The van der Waals surface area contributed by atoms with Crippen LogP contribution in [0.1, 0.15) is 12.5 Å². The van der Waals surface area contributed by atoms with Crippen LogP contribution in [0, 0.1) is 0 Å². The standard InChI is InChI=1S/C14H20ClN5O2S/c1-4-22-13-11(15)7-10(8-12(13)21-3)9-16-5-6-23-14-17-18-19-20(14)2/h7-8,16H,4-6,9H2,1-3H3. The molecule has 0 unspecified atom stereocenters. The Morgan fingerprint density at radius 1 is 1.39 bits per heavy atom. The molecule has 0 aliphatic carbocycles. The molecule has 1 aromatic carbocycles. The third-order valence-corrected chi connectivity index (χ3v) is 4.29. The van der Waals surface area contributed by atoms with Crippen molar-refractivity contribution in [2.75, 3.05) is 26.0 Å². The van der Waals surface area contributed by atoms with E-state index >= 15 is 0 Å². The van der Waals surface area contributed by atoms with E-state index in [4.69, 9.17) is 21.1 Å². The highest BCUT2D eigenvalue weighted by Gasteiger charge is 2.11. The lowest BCUT2D eigenvalue weighted by atomic mass is 10.2. The number of nitrogens with one attached hydrogen (secondary N) is 1. The Labute approximate surface area is 144 Å². The summed E-state index contributed by atoms with van der Waals surface area (Å²) in [6, 6.07) is 3.82. The third-order valence-electron chi connectivity index (χ3n) is 3.00. The Bertz CT molecular complexity index is 638. The summed E-state index contributed by atoms with van der Waals surface area (Å²) in [5.41, 5.74) is 1.04. The molecular weight excluding hydrogens is 338 g/mol. The molecule has 0 aliphatic rings. The molecule has 2 rings (SSSR count). The molecule has 0 aliphatic heterocycles. The monoisotopic (exact) mass is 357 g/mol. The highest BCUT2D eigenvalue weighted by Crippen LogP contribution is 2.36. The molecule has 0 saturated carbocycles. The summed E-state index contributed by atoms with van der Waals surface area (Å²) < 4.78 is 12.5. The second-order valence-electron chi connectivity index (χ2n) is 4.65. The maximum absolute atomic E-state index is 6.26. The molecule has 0 saturated heterocycles. The topological polar surface area (TPSA) is 74.1 Å². The molecule has 2 aromatic rings. The number of hydrogen-bond acceptors (Lipinski definition) is 7. The Morgan fingerprint density at radius 3 is 2.87 bits per heavy atom. The minimum absolute atomic E-state index is 0.543. The SMILES string of the molecule is CCOc1c(Cl)cc(CNCCSc2nnnn2C)cc1OC. The number of tetrazole rings is 1.